The van der Waals surface area contributed by atoms with Gasteiger partial charge in [-0.05, 0) is 31.0 Å². The molecular weight excluding hydrogens is 280 g/mol. The van der Waals surface area contributed by atoms with Crippen LogP contribution in [0.3, 0.4) is 0 Å². The van der Waals surface area contributed by atoms with Gasteiger partial charge in [0.15, 0.2) is 0 Å². The molecule has 2 aromatic rings. The van der Waals surface area contributed by atoms with Gasteiger partial charge >= 0.3 is 0 Å². The predicted molar refractivity (Wildman–Crippen MR) is 82.9 cm³/mol. The van der Waals surface area contributed by atoms with Crippen molar-refractivity contribution in [3.05, 3.63) is 48.7 Å². The molecule has 1 saturated heterocycles. The zero-order valence-corrected chi connectivity index (χ0v) is 12.2. The molecule has 1 atom stereocenters. The minimum absolute atomic E-state index is 0.0155. The fourth-order valence-corrected chi connectivity index (χ4v) is 2.32. The minimum atomic E-state index is -0.0750. The van der Waals surface area contributed by atoms with Gasteiger partial charge in [0, 0.05) is 12.7 Å². The SMILES string of the molecule is O=C(Nc1ccc(Oc2ccccc2)nc1)C1CCCOC1. The highest BCUT2D eigenvalue weighted by Gasteiger charge is 2.21. The molecule has 1 amide bonds. The Balaban J connectivity index is 1.58. The van der Waals surface area contributed by atoms with E-state index in [0.29, 0.717) is 18.2 Å². The number of carbonyl (C=O) groups is 1. The first-order chi connectivity index (χ1) is 10.8. The third-order valence-corrected chi connectivity index (χ3v) is 3.50. The van der Waals surface area contributed by atoms with Crippen LogP contribution in [0.25, 0.3) is 0 Å². The molecule has 0 spiro atoms. The maximum atomic E-state index is 12.1. The summed E-state index contributed by atoms with van der Waals surface area (Å²) in [6.07, 6.45) is 3.40. The highest BCUT2D eigenvalue weighted by Crippen LogP contribution is 2.21. The van der Waals surface area contributed by atoms with Crippen LogP contribution in [0, 0.1) is 5.92 Å². The molecule has 1 fully saturated rings. The van der Waals surface area contributed by atoms with E-state index in [1.54, 1.807) is 18.3 Å². The van der Waals surface area contributed by atoms with Gasteiger partial charge in [-0.3, -0.25) is 4.79 Å². The molecule has 0 bridgehead atoms. The van der Waals surface area contributed by atoms with Crippen LogP contribution in [-0.4, -0.2) is 24.1 Å². The van der Waals surface area contributed by atoms with Crippen LogP contribution < -0.4 is 10.1 Å². The van der Waals surface area contributed by atoms with Crippen molar-refractivity contribution in [3.8, 4) is 11.6 Å². The fourth-order valence-electron chi connectivity index (χ4n) is 2.32. The number of nitrogens with zero attached hydrogens (tertiary/aromatic N) is 1. The first-order valence-electron chi connectivity index (χ1n) is 7.39. The Labute approximate surface area is 129 Å². The molecule has 0 saturated carbocycles. The van der Waals surface area contributed by atoms with Crippen molar-refractivity contribution in [3.63, 3.8) is 0 Å². The lowest BCUT2D eigenvalue weighted by atomic mass is 10.0. The summed E-state index contributed by atoms with van der Waals surface area (Å²) in [4.78, 5) is 16.3. The van der Waals surface area contributed by atoms with Crippen LogP contribution in [0.2, 0.25) is 0 Å². The summed E-state index contributed by atoms with van der Waals surface area (Å²) in [5.41, 5.74) is 0.663. The quantitative estimate of drug-likeness (QED) is 0.941. The van der Waals surface area contributed by atoms with Crippen molar-refractivity contribution in [2.45, 2.75) is 12.8 Å². The van der Waals surface area contributed by atoms with E-state index < -0.39 is 0 Å². The van der Waals surface area contributed by atoms with Gasteiger partial charge in [-0.2, -0.15) is 0 Å². The fraction of sp³-hybridized carbons (Fsp3) is 0.294. The number of nitrogens with one attached hydrogen (secondary N) is 1. The number of hydrogen-bond donors (Lipinski definition) is 1. The second-order valence-corrected chi connectivity index (χ2v) is 5.20. The zero-order chi connectivity index (χ0) is 15.2. The lowest BCUT2D eigenvalue weighted by Crippen LogP contribution is -2.30. The second kappa shape index (κ2) is 7.04. The Morgan fingerprint density at radius 1 is 1.23 bits per heavy atom. The van der Waals surface area contributed by atoms with Crippen LogP contribution in [0.15, 0.2) is 48.7 Å². The number of hydrogen-bond acceptors (Lipinski definition) is 4. The minimum Gasteiger partial charge on any atom is -0.439 e. The van der Waals surface area contributed by atoms with Crippen molar-refractivity contribution in [2.75, 3.05) is 18.5 Å². The third-order valence-electron chi connectivity index (χ3n) is 3.50. The van der Waals surface area contributed by atoms with Crippen LogP contribution in [-0.2, 0) is 9.53 Å². The van der Waals surface area contributed by atoms with E-state index in [0.717, 1.165) is 25.2 Å². The highest BCUT2D eigenvalue weighted by molar-refractivity contribution is 5.92. The number of anilines is 1. The molecule has 114 valence electrons. The average molecular weight is 298 g/mol. The standard InChI is InChI=1S/C17H18N2O3/c20-17(13-5-4-10-21-12-13)19-14-8-9-16(18-11-14)22-15-6-2-1-3-7-15/h1-3,6-9,11,13H,4-5,10,12H2,(H,19,20). The molecule has 1 aliphatic heterocycles. The van der Waals surface area contributed by atoms with Gasteiger partial charge in [-0.1, -0.05) is 18.2 Å². The number of pyridine rings is 1. The van der Waals surface area contributed by atoms with E-state index >= 15 is 0 Å². The van der Waals surface area contributed by atoms with E-state index in [9.17, 15) is 4.79 Å². The number of carbonyl (C=O) groups excluding carboxylic acids is 1. The summed E-state index contributed by atoms with van der Waals surface area (Å²) in [6, 6.07) is 13.0. The number of amides is 1. The number of para-hydroxylation sites is 1. The summed E-state index contributed by atoms with van der Waals surface area (Å²) in [5.74, 6) is 1.13. The van der Waals surface area contributed by atoms with Gasteiger partial charge in [0.1, 0.15) is 5.75 Å². The first-order valence-corrected chi connectivity index (χ1v) is 7.39. The molecule has 1 aromatic carbocycles. The normalized spacial score (nSPS) is 17.7. The second-order valence-electron chi connectivity index (χ2n) is 5.20. The topological polar surface area (TPSA) is 60.5 Å². The van der Waals surface area contributed by atoms with Crippen LogP contribution in [0.4, 0.5) is 5.69 Å². The van der Waals surface area contributed by atoms with E-state index in [4.69, 9.17) is 9.47 Å². The first kappa shape index (κ1) is 14.5. The van der Waals surface area contributed by atoms with E-state index in [2.05, 4.69) is 10.3 Å². The predicted octanol–water partition coefficient (Wildman–Crippen LogP) is 3.24. The number of ether oxygens (including phenoxy) is 2. The maximum absolute atomic E-state index is 12.1. The summed E-state index contributed by atoms with van der Waals surface area (Å²) in [5, 5.41) is 2.87. The molecule has 1 aromatic heterocycles. The van der Waals surface area contributed by atoms with Crippen molar-refractivity contribution >= 4 is 11.6 Å². The summed E-state index contributed by atoms with van der Waals surface area (Å²) < 4.78 is 10.9. The van der Waals surface area contributed by atoms with Gasteiger partial charge in [0.2, 0.25) is 11.8 Å². The molecule has 2 heterocycles. The Kier molecular flexibility index (Phi) is 4.65. The molecule has 22 heavy (non-hydrogen) atoms. The zero-order valence-electron chi connectivity index (χ0n) is 12.2. The van der Waals surface area contributed by atoms with Crippen molar-refractivity contribution in [1.29, 1.82) is 0 Å². The monoisotopic (exact) mass is 298 g/mol. The molecule has 5 heteroatoms. The summed E-state index contributed by atoms with van der Waals surface area (Å²) in [7, 11) is 0. The number of benzene rings is 1. The largest absolute Gasteiger partial charge is 0.439 e. The molecule has 1 unspecified atom stereocenters. The third kappa shape index (κ3) is 3.83. The Morgan fingerprint density at radius 3 is 2.77 bits per heavy atom. The Morgan fingerprint density at radius 2 is 2.09 bits per heavy atom. The lowest BCUT2D eigenvalue weighted by molar-refractivity contribution is -0.123. The van der Waals surface area contributed by atoms with Crippen LogP contribution in [0.1, 0.15) is 12.8 Å². The van der Waals surface area contributed by atoms with E-state index in [1.807, 2.05) is 30.3 Å². The van der Waals surface area contributed by atoms with Gasteiger partial charge in [0.05, 0.1) is 24.4 Å². The smallest absolute Gasteiger partial charge is 0.229 e. The van der Waals surface area contributed by atoms with Crippen LogP contribution in [0.5, 0.6) is 11.6 Å². The molecular formula is C17H18N2O3. The Hall–Kier alpha value is -2.40. The number of rotatable bonds is 4. The molecule has 0 radical (unpaired) electrons. The van der Waals surface area contributed by atoms with E-state index in [1.165, 1.54) is 0 Å². The van der Waals surface area contributed by atoms with Gasteiger partial charge in [-0.25, -0.2) is 4.98 Å². The maximum Gasteiger partial charge on any atom is 0.229 e. The van der Waals surface area contributed by atoms with Gasteiger partial charge in [-0.15, -0.1) is 0 Å². The average Bonchev–Trinajstić information content (AvgIpc) is 2.58. The van der Waals surface area contributed by atoms with Crippen molar-refractivity contribution < 1.29 is 14.3 Å². The molecule has 0 aliphatic carbocycles. The molecule has 1 N–H and O–H groups in total. The van der Waals surface area contributed by atoms with Gasteiger partial charge in [0.25, 0.3) is 0 Å². The lowest BCUT2D eigenvalue weighted by Gasteiger charge is -2.21. The number of aromatic nitrogens is 1. The summed E-state index contributed by atoms with van der Waals surface area (Å²) in [6.45, 7) is 1.24. The molecule has 3 rings (SSSR count). The van der Waals surface area contributed by atoms with Crippen LogP contribution >= 0.6 is 0 Å². The Bertz CT molecular complexity index is 608. The highest BCUT2D eigenvalue weighted by atomic mass is 16.5. The van der Waals surface area contributed by atoms with E-state index in [-0.39, 0.29) is 11.8 Å². The van der Waals surface area contributed by atoms with Crippen molar-refractivity contribution in [1.82, 2.24) is 4.98 Å². The molecule has 1 aliphatic rings. The van der Waals surface area contributed by atoms with Crippen molar-refractivity contribution in [2.24, 2.45) is 5.92 Å². The summed E-state index contributed by atoms with van der Waals surface area (Å²) >= 11 is 0. The van der Waals surface area contributed by atoms with Gasteiger partial charge < -0.3 is 14.8 Å². The molecule has 5 nitrogen and oxygen atoms in total.